The second-order valence-electron chi connectivity index (χ2n) is 6.44. The van der Waals surface area contributed by atoms with Gasteiger partial charge < -0.3 is 10.2 Å². The molecule has 1 atom stereocenters. The maximum atomic E-state index is 13.8. The number of aromatic nitrogens is 2. The molecular formula is C18H14F4N4OS. The molecule has 1 fully saturated rings. The van der Waals surface area contributed by atoms with Gasteiger partial charge in [0.05, 0.1) is 5.92 Å². The minimum Gasteiger partial charge on any atom is -0.347 e. The van der Waals surface area contributed by atoms with E-state index in [0.29, 0.717) is 24.5 Å². The minimum absolute atomic E-state index is 0.101. The summed E-state index contributed by atoms with van der Waals surface area (Å²) in [6, 6.07) is 3.71. The van der Waals surface area contributed by atoms with Gasteiger partial charge in [0.15, 0.2) is 28.4 Å². The summed E-state index contributed by atoms with van der Waals surface area (Å²) in [4.78, 5) is 23.9. The van der Waals surface area contributed by atoms with Crippen molar-refractivity contribution in [3.8, 4) is 0 Å². The van der Waals surface area contributed by atoms with Crippen LogP contribution in [0.3, 0.4) is 0 Å². The standard InChI is InChI=1S/C18H14F4N4OS/c19-10-7-11(20)14(22)15(13(10)21)25-16(27)9-3-2-6-26(8-9)18-24-12-4-1-5-23-17(12)28-18/h1,4-5,7,9H,2-3,6,8H2,(H,25,27)/t9-/m1/s1. The average Bonchev–Trinajstić information content (AvgIpc) is 3.14. The van der Waals surface area contributed by atoms with Gasteiger partial charge in [-0.1, -0.05) is 11.3 Å². The van der Waals surface area contributed by atoms with E-state index >= 15 is 0 Å². The molecule has 0 bridgehead atoms. The van der Waals surface area contributed by atoms with Crippen molar-refractivity contribution in [2.75, 3.05) is 23.3 Å². The number of carbonyl (C=O) groups excluding carboxylic acids is 1. The Labute approximate surface area is 161 Å². The molecule has 1 aliphatic heterocycles. The Kier molecular flexibility index (Phi) is 4.88. The van der Waals surface area contributed by atoms with Crippen molar-refractivity contribution < 1.29 is 22.4 Å². The largest absolute Gasteiger partial charge is 0.347 e. The zero-order chi connectivity index (χ0) is 19.8. The first-order valence-electron chi connectivity index (χ1n) is 8.54. The molecule has 1 amide bonds. The van der Waals surface area contributed by atoms with E-state index < -0.39 is 40.8 Å². The fourth-order valence-electron chi connectivity index (χ4n) is 3.17. The third-order valence-corrected chi connectivity index (χ3v) is 5.62. The van der Waals surface area contributed by atoms with Crippen molar-refractivity contribution in [1.82, 2.24) is 9.97 Å². The molecule has 0 unspecified atom stereocenters. The van der Waals surface area contributed by atoms with Crippen LogP contribution in [0.4, 0.5) is 28.4 Å². The molecule has 1 aromatic carbocycles. The van der Waals surface area contributed by atoms with Crippen LogP contribution in [0.5, 0.6) is 0 Å². The van der Waals surface area contributed by atoms with Crippen LogP contribution in [0.15, 0.2) is 24.4 Å². The first-order valence-corrected chi connectivity index (χ1v) is 9.36. The molecule has 10 heteroatoms. The lowest BCUT2D eigenvalue weighted by Gasteiger charge is -2.31. The molecule has 1 N–H and O–H groups in total. The normalized spacial score (nSPS) is 17.1. The molecule has 0 radical (unpaired) electrons. The summed E-state index contributed by atoms with van der Waals surface area (Å²) in [5, 5.41) is 2.70. The van der Waals surface area contributed by atoms with Crippen LogP contribution in [0, 0.1) is 29.2 Å². The van der Waals surface area contributed by atoms with Gasteiger partial charge in [0.2, 0.25) is 5.91 Å². The number of fused-ring (bicyclic) bond motifs is 1. The lowest BCUT2D eigenvalue weighted by molar-refractivity contribution is -0.120. The van der Waals surface area contributed by atoms with Gasteiger partial charge in [-0.25, -0.2) is 27.5 Å². The average molecular weight is 410 g/mol. The number of benzene rings is 1. The highest BCUT2D eigenvalue weighted by Gasteiger charge is 2.30. The van der Waals surface area contributed by atoms with Gasteiger partial charge in [0.25, 0.3) is 0 Å². The fourth-order valence-corrected chi connectivity index (χ4v) is 4.11. The zero-order valence-corrected chi connectivity index (χ0v) is 15.2. The van der Waals surface area contributed by atoms with Gasteiger partial charge in [-0.15, -0.1) is 0 Å². The molecule has 0 spiro atoms. The number of halogens is 4. The number of rotatable bonds is 3. The lowest BCUT2D eigenvalue weighted by atomic mass is 9.97. The maximum Gasteiger partial charge on any atom is 0.229 e. The summed E-state index contributed by atoms with van der Waals surface area (Å²) in [5.74, 6) is -7.71. The monoisotopic (exact) mass is 410 g/mol. The van der Waals surface area contributed by atoms with Crippen molar-refractivity contribution >= 4 is 38.4 Å². The maximum absolute atomic E-state index is 13.8. The Morgan fingerprint density at radius 1 is 1.21 bits per heavy atom. The smallest absolute Gasteiger partial charge is 0.229 e. The topological polar surface area (TPSA) is 58.1 Å². The van der Waals surface area contributed by atoms with Crippen LogP contribution in [-0.4, -0.2) is 29.0 Å². The second-order valence-corrected chi connectivity index (χ2v) is 7.40. The molecule has 5 nitrogen and oxygen atoms in total. The Morgan fingerprint density at radius 3 is 2.68 bits per heavy atom. The van der Waals surface area contributed by atoms with Crippen molar-refractivity contribution in [3.05, 3.63) is 47.7 Å². The molecule has 0 saturated carbocycles. The van der Waals surface area contributed by atoms with Crippen LogP contribution < -0.4 is 10.2 Å². The highest BCUT2D eigenvalue weighted by Crippen LogP contribution is 2.31. The number of anilines is 2. The third-order valence-electron chi connectivity index (χ3n) is 4.58. The molecular weight excluding hydrogens is 396 g/mol. The Hall–Kier alpha value is -2.75. The third kappa shape index (κ3) is 3.39. The lowest BCUT2D eigenvalue weighted by Crippen LogP contribution is -2.41. The number of amides is 1. The molecule has 146 valence electrons. The Morgan fingerprint density at radius 2 is 1.96 bits per heavy atom. The van der Waals surface area contributed by atoms with Crippen LogP contribution >= 0.6 is 11.3 Å². The molecule has 3 heterocycles. The summed E-state index contributed by atoms with van der Waals surface area (Å²) < 4.78 is 54.3. The number of nitrogens with one attached hydrogen (secondary N) is 1. The van der Waals surface area contributed by atoms with E-state index in [1.165, 1.54) is 11.3 Å². The van der Waals surface area contributed by atoms with Crippen LogP contribution in [-0.2, 0) is 4.79 Å². The minimum atomic E-state index is -1.63. The highest BCUT2D eigenvalue weighted by atomic mass is 32.1. The van der Waals surface area contributed by atoms with E-state index in [-0.39, 0.29) is 12.6 Å². The van der Waals surface area contributed by atoms with Gasteiger partial charge in [0.1, 0.15) is 16.0 Å². The van der Waals surface area contributed by atoms with Gasteiger partial charge in [-0.05, 0) is 25.0 Å². The number of pyridine rings is 1. The first-order chi connectivity index (χ1) is 13.4. The molecule has 2 aromatic heterocycles. The van der Waals surface area contributed by atoms with Gasteiger partial charge >= 0.3 is 0 Å². The predicted molar refractivity (Wildman–Crippen MR) is 97.3 cm³/mol. The van der Waals surface area contributed by atoms with Crippen molar-refractivity contribution in [2.45, 2.75) is 12.8 Å². The molecule has 4 rings (SSSR count). The number of hydrogen-bond acceptors (Lipinski definition) is 5. The summed E-state index contributed by atoms with van der Waals surface area (Å²) in [7, 11) is 0. The van der Waals surface area contributed by atoms with Crippen LogP contribution in [0.2, 0.25) is 0 Å². The Bertz CT molecular complexity index is 998. The first kappa shape index (κ1) is 18.6. The van der Waals surface area contributed by atoms with Crippen molar-refractivity contribution in [3.63, 3.8) is 0 Å². The summed E-state index contributed by atoms with van der Waals surface area (Å²) in [5.41, 5.74) is -0.364. The van der Waals surface area contributed by atoms with E-state index in [1.807, 2.05) is 16.3 Å². The molecule has 1 aliphatic rings. The predicted octanol–water partition coefficient (Wildman–Crippen LogP) is 4.10. The second kappa shape index (κ2) is 7.34. The molecule has 3 aromatic rings. The number of nitrogens with zero attached hydrogens (tertiary/aromatic N) is 3. The van der Waals surface area contributed by atoms with E-state index in [2.05, 4.69) is 9.97 Å². The summed E-state index contributed by atoms with van der Waals surface area (Å²) in [6.07, 6.45) is 2.80. The van der Waals surface area contributed by atoms with Gasteiger partial charge in [0, 0.05) is 25.4 Å². The molecule has 28 heavy (non-hydrogen) atoms. The van der Waals surface area contributed by atoms with Crippen molar-refractivity contribution in [1.29, 1.82) is 0 Å². The molecule has 1 saturated heterocycles. The fraction of sp³-hybridized carbons (Fsp3) is 0.278. The van der Waals surface area contributed by atoms with Crippen LogP contribution in [0.25, 0.3) is 10.3 Å². The van der Waals surface area contributed by atoms with Crippen LogP contribution in [0.1, 0.15) is 12.8 Å². The SMILES string of the molecule is O=C(Nc1c(F)c(F)cc(F)c1F)[C@@H]1CCCN(c2nc3cccnc3s2)C1. The Balaban J connectivity index is 1.53. The van der Waals surface area contributed by atoms with Crippen molar-refractivity contribution in [2.24, 2.45) is 5.92 Å². The number of thiazole rings is 1. The van der Waals surface area contributed by atoms with Gasteiger partial charge in [-0.3, -0.25) is 4.79 Å². The van der Waals surface area contributed by atoms with Gasteiger partial charge in [-0.2, -0.15) is 0 Å². The number of carbonyl (C=O) groups is 1. The van der Waals surface area contributed by atoms with E-state index in [9.17, 15) is 22.4 Å². The number of piperidine rings is 1. The zero-order valence-electron chi connectivity index (χ0n) is 14.4. The van der Waals surface area contributed by atoms with E-state index in [0.717, 1.165) is 10.3 Å². The highest BCUT2D eigenvalue weighted by molar-refractivity contribution is 7.21. The van der Waals surface area contributed by atoms with E-state index in [4.69, 9.17) is 0 Å². The summed E-state index contributed by atoms with van der Waals surface area (Å²) >= 11 is 1.38. The van der Waals surface area contributed by atoms with E-state index in [1.54, 1.807) is 12.3 Å². The number of hydrogen-bond donors (Lipinski definition) is 1. The summed E-state index contributed by atoms with van der Waals surface area (Å²) in [6.45, 7) is 0.938. The quantitative estimate of drug-likeness (QED) is 0.522. The molecule has 0 aliphatic carbocycles.